The zero-order chi connectivity index (χ0) is 20.7. The third kappa shape index (κ3) is 6.45. The summed E-state index contributed by atoms with van der Waals surface area (Å²) in [6, 6.07) is 11.1. The van der Waals surface area contributed by atoms with Gasteiger partial charge in [0.2, 0.25) is 17.7 Å². The van der Waals surface area contributed by atoms with E-state index < -0.39 is 35.6 Å². The molecule has 148 valence electrons. The van der Waals surface area contributed by atoms with Crippen LogP contribution in [0, 0.1) is 5.82 Å². The van der Waals surface area contributed by atoms with Gasteiger partial charge in [-0.2, -0.15) is 0 Å². The van der Waals surface area contributed by atoms with Crippen LogP contribution in [-0.2, 0) is 27.2 Å². The number of carbonyl (C=O) groups excluding carboxylic acids is 3. The Morgan fingerprint density at radius 1 is 1.04 bits per heavy atom. The van der Waals surface area contributed by atoms with E-state index in [-0.39, 0.29) is 12.8 Å². The number of nitrogens with two attached hydrogens (primary N) is 1. The lowest BCUT2D eigenvalue weighted by atomic mass is 10.0. The lowest BCUT2D eigenvalue weighted by Crippen LogP contribution is -2.54. The highest BCUT2D eigenvalue weighted by Crippen LogP contribution is 2.17. The van der Waals surface area contributed by atoms with Gasteiger partial charge in [0.05, 0.1) is 0 Å². The third-order valence-electron chi connectivity index (χ3n) is 4.06. The normalized spacial score (nSPS) is 12.7. The maximum atomic E-state index is 13.4. The average molecular weight is 450 g/mol. The van der Waals surface area contributed by atoms with Crippen molar-refractivity contribution in [1.82, 2.24) is 10.6 Å². The maximum absolute atomic E-state index is 13.4. The fourth-order valence-electron chi connectivity index (χ4n) is 2.73. The fourth-order valence-corrected chi connectivity index (χ4v) is 3.18. The highest BCUT2D eigenvalue weighted by Gasteiger charge is 2.26. The first-order valence-electron chi connectivity index (χ1n) is 8.61. The quantitative estimate of drug-likeness (QED) is 0.572. The molecule has 2 rings (SSSR count). The number of amides is 3. The highest BCUT2D eigenvalue weighted by atomic mass is 79.9. The van der Waals surface area contributed by atoms with Crippen molar-refractivity contribution in [3.63, 3.8) is 0 Å². The summed E-state index contributed by atoms with van der Waals surface area (Å²) in [7, 11) is 0. The van der Waals surface area contributed by atoms with Crippen molar-refractivity contribution in [2.24, 2.45) is 5.73 Å². The molecular weight excluding hydrogens is 429 g/mol. The topological polar surface area (TPSA) is 101 Å². The number of carbonyl (C=O) groups is 3. The van der Waals surface area contributed by atoms with Gasteiger partial charge in [0.1, 0.15) is 17.9 Å². The minimum absolute atomic E-state index is 0.0731. The lowest BCUT2D eigenvalue weighted by molar-refractivity contribution is -0.130. The van der Waals surface area contributed by atoms with Crippen LogP contribution in [0.15, 0.2) is 53.0 Å². The Kier molecular flexibility index (Phi) is 7.69. The second-order valence-corrected chi connectivity index (χ2v) is 7.20. The number of hydrogen-bond donors (Lipinski definition) is 3. The van der Waals surface area contributed by atoms with E-state index in [0.29, 0.717) is 5.56 Å². The summed E-state index contributed by atoms with van der Waals surface area (Å²) in [5.41, 5.74) is 6.79. The van der Waals surface area contributed by atoms with Crippen molar-refractivity contribution in [1.29, 1.82) is 0 Å². The SMILES string of the molecule is CC(=O)N[C@@H](Cc1cccc(F)c1)C(=O)N[C@H](Cc1ccccc1Br)C(N)=O. The molecule has 0 saturated heterocycles. The van der Waals surface area contributed by atoms with E-state index in [2.05, 4.69) is 26.6 Å². The van der Waals surface area contributed by atoms with Gasteiger partial charge in [-0.15, -0.1) is 0 Å². The van der Waals surface area contributed by atoms with Gasteiger partial charge in [-0.3, -0.25) is 14.4 Å². The van der Waals surface area contributed by atoms with Crippen LogP contribution in [0.2, 0.25) is 0 Å². The fraction of sp³-hybridized carbons (Fsp3) is 0.250. The molecule has 0 fully saturated rings. The zero-order valence-corrected chi connectivity index (χ0v) is 16.8. The third-order valence-corrected chi connectivity index (χ3v) is 4.84. The van der Waals surface area contributed by atoms with E-state index >= 15 is 0 Å². The van der Waals surface area contributed by atoms with E-state index in [1.165, 1.54) is 25.1 Å². The molecule has 2 atom stereocenters. The molecule has 6 nitrogen and oxygen atoms in total. The number of rotatable bonds is 8. The summed E-state index contributed by atoms with van der Waals surface area (Å²) in [6.45, 7) is 1.28. The Balaban J connectivity index is 2.15. The van der Waals surface area contributed by atoms with Crippen LogP contribution in [0.4, 0.5) is 4.39 Å². The van der Waals surface area contributed by atoms with Crippen LogP contribution in [0.5, 0.6) is 0 Å². The van der Waals surface area contributed by atoms with Gasteiger partial charge >= 0.3 is 0 Å². The van der Waals surface area contributed by atoms with Crippen LogP contribution in [0.3, 0.4) is 0 Å². The van der Waals surface area contributed by atoms with Crippen molar-refractivity contribution >= 4 is 33.7 Å². The molecule has 0 aliphatic carbocycles. The summed E-state index contributed by atoms with van der Waals surface area (Å²) >= 11 is 3.40. The van der Waals surface area contributed by atoms with Gasteiger partial charge in [0.25, 0.3) is 0 Å². The molecule has 8 heteroatoms. The number of nitrogens with one attached hydrogen (secondary N) is 2. The molecule has 4 N–H and O–H groups in total. The van der Waals surface area contributed by atoms with E-state index in [4.69, 9.17) is 5.73 Å². The summed E-state index contributed by atoms with van der Waals surface area (Å²) in [4.78, 5) is 36.1. The minimum Gasteiger partial charge on any atom is -0.368 e. The predicted molar refractivity (Wildman–Crippen MR) is 107 cm³/mol. The summed E-state index contributed by atoms with van der Waals surface area (Å²) in [6.07, 6.45) is 0.263. The number of hydrogen-bond acceptors (Lipinski definition) is 3. The minimum atomic E-state index is -0.972. The van der Waals surface area contributed by atoms with Gasteiger partial charge < -0.3 is 16.4 Å². The highest BCUT2D eigenvalue weighted by molar-refractivity contribution is 9.10. The molecule has 0 aliphatic heterocycles. The number of primary amides is 1. The maximum Gasteiger partial charge on any atom is 0.243 e. The summed E-state index contributed by atoms with van der Waals surface area (Å²) < 4.78 is 14.2. The van der Waals surface area contributed by atoms with Crippen LogP contribution in [-0.4, -0.2) is 29.8 Å². The van der Waals surface area contributed by atoms with E-state index in [1.54, 1.807) is 6.07 Å². The molecule has 0 heterocycles. The first-order chi connectivity index (χ1) is 13.3. The van der Waals surface area contributed by atoms with Gasteiger partial charge in [-0.1, -0.05) is 46.3 Å². The Bertz CT molecular complexity index is 875. The van der Waals surface area contributed by atoms with Crippen molar-refractivity contribution in [3.8, 4) is 0 Å². The monoisotopic (exact) mass is 449 g/mol. The Hall–Kier alpha value is -2.74. The van der Waals surface area contributed by atoms with Gasteiger partial charge in [0.15, 0.2) is 0 Å². The first kappa shape index (κ1) is 21.6. The average Bonchev–Trinajstić information content (AvgIpc) is 2.61. The molecule has 28 heavy (non-hydrogen) atoms. The molecule has 0 saturated carbocycles. The Morgan fingerprint density at radius 2 is 1.75 bits per heavy atom. The van der Waals surface area contributed by atoms with E-state index in [1.807, 2.05) is 24.3 Å². The Labute approximate surface area is 170 Å². The van der Waals surface area contributed by atoms with Crippen LogP contribution < -0.4 is 16.4 Å². The molecule has 2 aromatic carbocycles. The van der Waals surface area contributed by atoms with Gasteiger partial charge in [-0.05, 0) is 29.3 Å². The summed E-state index contributed by atoms with van der Waals surface area (Å²) in [5, 5.41) is 5.12. The molecule has 3 amide bonds. The zero-order valence-electron chi connectivity index (χ0n) is 15.2. The van der Waals surface area contributed by atoms with Crippen LogP contribution >= 0.6 is 15.9 Å². The molecule has 0 aliphatic rings. The molecule has 0 aromatic heterocycles. The molecule has 2 aromatic rings. The molecular formula is C20H21BrFN3O3. The van der Waals surface area contributed by atoms with Crippen molar-refractivity contribution in [3.05, 3.63) is 69.9 Å². The largest absolute Gasteiger partial charge is 0.368 e. The smallest absolute Gasteiger partial charge is 0.243 e. The molecule has 0 unspecified atom stereocenters. The van der Waals surface area contributed by atoms with Crippen LogP contribution in [0.25, 0.3) is 0 Å². The van der Waals surface area contributed by atoms with E-state index in [0.717, 1.165) is 10.0 Å². The Morgan fingerprint density at radius 3 is 2.36 bits per heavy atom. The van der Waals surface area contributed by atoms with Crippen molar-refractivity contribution in [2.45, 2.75) is 31.8 Å². The number of benzene rings is 2. The van der Waals surface area contributed by atoms with Gasteiger partial charge in [0, 0.05) is 24.2 Å². The second kappa shape index (κ2) is 9.98. The van der Waals surface area contributed by atoms with Crippen LogP contribution in [0.1, 0.15) is 18.1 Å². The first-order valence-corrected chi connectivity index (χ1v) is 9.40. The van der Waals surface area contributed by atoms with Gasteiger partial charge in [-0.25, -0.2) is 4.39 Å². The van der Waals surface area contributed by atoms with Crippen molar-refractivity contribution in [2.75, 3.05) is 0 Å². The van der Waals surface area contributed by atoms with E-state index in [9.17, 15) is 18.8 Å². The standard InChI is InChI=1S/C20H21BrFN3O3/c1-12(26)24-18(10-13-5-4-7-15(22)9-13)20(28)25-17(19(23)27)11-14-6-2-3-8-16(14)21/h2-9,17-18H,10-11H2,1H3,(H2,23,27)(H,24,26)(H,25,28)/t17-,18+/m1/s1. The molecule has 0 spiro atoms. The lowest BCUT2D eigenvalue weighted by Gasteiger charge is -2.22. The predicted octanol–water partition coefficient (Wildman–Crippen LogP) is 1.85. The second-order valence-electron chi connectivity index (χ2n) is 6.35. The molecule has 0 radical (unpaired) electrons. The van der Waals surface area contributed by atoms with Crippen molar-refractivity contribution < 1.29 is 18.8 Å². The summed E-state index contributed by atoms with van der Waals surface area (Å²) in [5.74, 6) is -2.13. The number of halogens is 2. The molecule has 0 bridgehead atoms.